The van der Waals surface area contributed by atoms with Crippen molar-refractivity contribution in [2.24, 2.45) is 16.1 Å². The van der Waals surface area contributed by atoms with Crippen molar-refractivity contribution < 1.29 is 9.59 Å². The second-order valence-electron chi connectivity index (χ2n) is 3.46. The molecule has 0 saturated heterocycles. The predicted octanol–water partition coefficient (Wildman–Crippen LogP) is -0.0375. The summed E-state index contributed by atoms with van der Waals surface area (Å²) in [7, 11) is 1.59. The molecule has 0 aliphatic carbocycles. The van der Waals surface area contributed by atoms with E-state index in [1.807, 2.05) is 0 Å². The third-order valence-corrected chi connectivity index (χ3v) is 2.10. The standard InChI is InChI=1S/C9H14N4O2/c1-5(10-11-7(3)14)8-6(2)12-13(4)9(8)15/h8H,1-4H3,(H,11,14)/b10-5+. The van der Waals surface area contributed by atoms with E-state index in [-0.39, 0.29) is 11.8 Å². The van der Waals surface area contributed by atoms with Crippen LogP contribution in [0.2, 0.25) is 0 Å². The molecule has 82 valence electrons. The van der Waals surface area contributed by atoms with Crippen molar-refractivity contribution in [3.63, 3.8) is 0 Å². The molecule has 0 fully saturated rings. The Balaban J connectivity index is 2.81. The summed E-state index contributed by atoms with van der Waals surface area (Å²) in [5.41, 5.74) is 3.53. The summed E-state index contributed by atoms with van der Waals surface area (Å²) in [5.74, 6) is -0.830. The zero-order valence-electron chi connectivity index (χ0n) is 9.24. The van der Waals surface area contributed by atoms with E-state index in [4.69, 9.17) is 0 Å². The van der Waals surface area contributed by atoms with E-state index in [0.717, 1.165) is 0 Å². The topological polar surface area (TPSA) is 74.1 Å². The molecule has 1 aliphatic rings. The quantitative estimate of drug-likeness (QED) is 0.513. The monoisotopic (exact) mass is 210 g/mol. The smallest absolute Gasteiger partial charge is 0.257 e. The zero-order valence-corrected chi connectivity index (χ0v) is 9.24. The van der Waals surface area contributed by atoms with Crippen molar-refractivity contribution in [2.45, 2.75) is 20.8 Å². The SMILES string of the molecule is CC(=O)N/N=C(\C)C1C(=O)N(C)N=C1C. The first-order valence-corrected chi connectivity index (χ1v) is 4.57. The molecule has 6 heteroatoms. The zero-order chi connectivity index (χ0) is 11.6. The van der Waals surface area contributed by atoms with Gasteiger partial charge in [0.1, 0.15) is 5.92 Å². The van der Waals surface area contributed by atoms with E-state index < -0.39 is 5.92 Å². The Kier molecular flexibility index (Phi) is 3.18. The van der Waals surface area contributed by atoms with Crippen LogP contribution < -0.4 is 5.43 Å². The van der Waals surface area contributed by atoms with Gasteiger partial charge in [0.2, 0.25) is 5.91 Å². The number of rotatable bonds is 2. The molecule has 1 N–H and O–H groups in total. The van der Waals surface area contributed by atoms with Gasteiger partial charge >= 0.3 is 0 Å². The highest BCUT2D eigenvalue weighted by Crippen LogP contribution is 2.15. The van der Waals surface area contributed by atoms with Gasteiger partial charge < -0.3 is 0 Å². The molecule has 0 aromatic heterocycles. The molecule has 1 aliphatic heterocycles. The number of hydrogen-bond donors (Lipinski definition) is 1. The van der Waals surface area contributed by atoms with E-state index in [1.165, 1.54) is 11.9 Å². The van der Waals surface area contributed by atoms with E-state index in [0.29, 0.717) is 11.4 Å². The van der Waals surface area contributed by atoms with Crippen LogP contribution in [0.4, 0.5) is 0 Å². The van der Waals surface area contributed by atoms with Crippen molar-refractivity contribution in [1.82, 2.24) is 10.4 Å². The first-order chi connectivity index (χ1) is 6.93. The molecule has 0 radical (unpaired) electrons. The second kappa shape index (κ2) is 4.20. The first kappa shape index (κ1) is 11.4. The summed E-state index contributed by atoms with van der Waals surface area (Å²) in [6.07, 6.45) is 0. The Labute approximate surface area is 88.0 Å². The van der Waals surface area contributed by atoms with Crippen LogP contribution in [0.3, 0.4) is 0 Å². The Hall–Kier alpha value is -1.72. The van der Waals surface area contributed by atoms with Gasteiger partial charge in [0, 0.05) is 14.0 Å². The summed E-state index contributed by atoms with van der Waals surface area (Å²) in [5, 5.41) is 9.12. The van der Waals surface area contributed by atoms with Crippen molar-refractivity contribution in [3.8, 4) is 0 Å². The van der Waals surface area contributed by atoms with Crippen LogP contribution in [0.25, 0.3) is 0 Å². The summed E-state index contributed by atoms with van der Waals surface area (Å²) in [6.45, 7) is 4.82. The number of nitrogens with one attached hydrogen (secondary N) is 1. The summed E-state index contributed by atoms with van der Waals surface area (Å²) in [4.78, 5) is 22.3. The van der Waals surface area contributed by atoms with Gasteiger partial charge in [-0.25, -0.2) is 10.4 Å². The molecule has 0 bridgehead atoms. The lowest BCUT2D eigenvalue weighted by molar-refractivity contribution is -0.129. The van der Waals surface area contributed by atoms with Gasteiger partial charge in [0.15, 0.2) is 0 Å². The molecule has 0 aromatic carbocycles. The van der Waals surface area contributed by atoms with Gasteiger partial charge in [0.25, 0.3) is 5.91 Å². The fourth-order valence-corrected chi connectivity index (χ4v) is 1.42. The maximum absolute atomic E-state index is 11.6. The van der Waals surface area contributed by atoms with Crippen LogP contribution >= 0.6 is 0 Å². The van der Waals surface area contributed by atoms with E-state index in [9.17, 15) is 9.59 Å². The maximum atomic E-state index is 11.6. The minimum absolute atomic E-state index is 0.126. The molecule has 0 aromatic rings. The van der Waals surface area contributed by atoms with E-state index in [1.54, 1.807) is 20.9 Å². The lowest BCUT2D eigenvalue weighted by Gasteiger charge is -2.09. The fraction of sp³-hybridized carbons (Fsp3) is 0.556. The minimum atomic E-state index is -0.443. The Morgan fingerprint density at radius 1 is 1.53 bits per heavy atom. The number of carbonyl (C=O) groups excluding carboxylic acids is 2. The Bertz CT molecular complexity index is 359. The first-order valence-electron chi connectivity index (χ1n) is 4.57. The van der Waals surface area contributed by atoms with Crippen molar-refractivity contribution in [2.75, 3.05) is 7.05 Å². The molecule has 2 amide bonds. The average Bonchev–Trinajstić information content (AvgIpc) is 2.37. The largest absolute Gasteiger partial charge is 0.274 e. The maximum Gasteiger partial charge on any atom is 0.257 e. The number of carbonyl (C=O) groups is 2. The van der Waals surface area contributed by atoms with Gasteiger partial charge in [-0.05, 0) is 13.8 Å². The van der Waals surface area contributed by atoms with Gasteiger partial charge in [-0.1, -0.05) is 0 Å². The molecule has 6 nitrogen and oxygen atoms in total. The van der Waals surface area contributed by atoms with E-state index in [2.05, 4.69) is 15.6 Å². The predicted molar refractivity (Wildman–Crippen MR) is 56.3 cm³/mol. The normalized spacial score (nSPS) is 21.7. The van der Waals surface area contributed by atoms with Gasteiger partial charge in [0.05, 0.1) is 11.4 Å². The molecule has 15 heavy (non-hydrogen) atoms. The molecule has 1 heterocycles. The summed E-state index contributed by atoms with van der Waals surface area (Å²) in [6, 6.07) is 0. The lowest BCUT2D eigenvalue weighted by Crippen LogP contribution is -2.31. The average molecular weight is 210 g/mol. The molecule has 0 spiro atoms. The number of amides is 2. The number of hydrogen-bond acceptors (Lipinski definition) is 4. The van der Waals surface area contributed by atoms with Gasteiger partial charge in [-0.2, -0.15) is 10.2 Å². The van der Waals surface area contributed by atoms with Gasteiger partial charge in [-0.15, -0.1) is 0 Å². The minimum Gasteiger partial charge on any atom is -0.274 e. The highest BCUT2D eigenvalue weighted by atomic mass is 16.2. The van der Waals surface area contributed by atoms with Crippen molar-refractivity contribution >= 4 is 23.2 Å². The molecular formula is C9H14N4O2. The number of nitrogens with zero attached hydrogens (tertiary/aromatic N) is 3. The van der Waals surface area contributed by atoms with Gasteiger partial charge in [-0.3, -0.25) is 9.59 Å². The molecule has 0 saturated carbocycles. The molecule has 1 atom stereocenters. The van der Waals surface area contributed by atoms with Crippen molar-refractivity contribution in [1.29, 1.82) is 0 Å². The van der Waals surface area contributed by atoms with Crippen LogP contribution in [-0.4, -0.2) is 35.3 Å². The van der Waals surface area contributed by atoms with Crippen LogP contribution in [0.1, 0.15) is 20.8 Å². The third kappa shape index (κ3) is 2.39. The molecular weight excluding hydrogens is 196 g/mol. The Morgan fingerprint density at radius 3 is 2.53 bits per heavy atom. The second-order valence-corrected chi connectivity index (χ2v) is 3.46. The van der Waals surface area contributed by atoms with Crippen LogP contribution in [0.5, 0.6) is 0 Å². The highest BCUT2D eigenvalue weighted by Gasteiger charge is 2.33. The lowest BCUT2D eigenvalue weighted by atomic mass is 10.00. The van der Waals surface area contributed by atoms with E-state index >= 15 is 0 Å². The molecule has 1 rings (SSSR count). The van der Waals surface area contributed by atoms with Crippen LogP contribution in [0.15, 0.2) is 10.2 Å². The van der Waals surface area contributed by atoms with Crippen LogP contribution in [-0.2, 0) is 9.59 Å². The highest BCUT2D eigenvalue weighted by molar-refractivity contribution is 6.23. The van der Waals surface area contributed by atoms with Crippen molar-refractivity contribution in [3.05, 3.63) is 0 Å². The summed E-state index contributed by atoms with van der Waals surface area (Å²) < 4.78 is 0. The Morgan fingerprint density at radius 2 is 2.13 bits per heavy atom. The third-order valence-electron chi connectivity index (χ3n) is 2.10. The summed E-state index contributed by atoms with van der Waals surface area (Å²) >= 11 is 0. The fourth-order valence-electron chi connectivity index (χ4n) is 1.42. The molecule has 1 unspecified atom stereocenters. The number of hydrazone groups is 2. The van der Waals surface area contributed by atoms with Crippen LogP contribution in [0, 0.1) is 5.92 Å².